The van der Waals surface area contributed by atoms with Gasteiger partial charge < -0.3 is 10.2 Å². The highest BCUT2D eigenvalue weighted by molar-refractivity contribution is 5.93. The van der Waals surface area contributed by atoms with E-state index in [2.05, 4.69) is 0 Å². The molecule has 4 nitrogen and oxygen atoms in total. The SMILES string of the molecule is CC(=O)c1ccc(Cn2c(O)cc(C)c2O)cc1. The van der Waals surface area contributed by atoms with Crippen molar-refractivity contribution < 1.29 is 15.0 Å². The predicted molar refractivity (Wildman–Crippen MR) is 68.0 cm³/mol. The van der Waals surface area contributed by atoms with Crippen LogP contribution in [0.4, 0.5) is 0 Å². The lowest BCUT2D eigenvalue weighted by molar-refractivity contribution is 0.101. The zero-order valence-electron chi connectivity index (χ0n) is 10.3. The van der Waals surface area contributed by atoms with Gasteiger partial charge in [0.05, 0.1) is 6.54 Å². The van der Waals surface area contributed by atoms with E-state index in [0.717, 1.165) is 5.56 Å². The topological polar surface area (TPSA) is 62.5 Å². The van der Waals surface area contributed by atoms with Gasteiger partial charge in [-0.1, -0.05) is 24.3 Å². The molecule has 0 unspecified atom stereocenters. The van der Waals surface area contributed by atoms with Gasteiger partial charge in [-0.05, 0) is 19.4 Å². The van der Waals surface area contributed by atoms with Crippen molar-refractivity contribution in [2.45, 2.75) is 20.4 Å². The van der Waals surface area contributed by atoms with E-state index >= 15 is 0 Å². The van der Waals surface area contributed by atoms with E-state index in [1.807, 2.05) is 12.1 Å². The lowest BCUT2D eigenvalue weighted by Gasteiger charge is -2.07. The molecule has 2 rings (SSSR count). The van der Waals surface area contributed by atoms with Crippen LogP contribution in [-0.4, -0.2) is 20.6 Å². The number of carbonyl (C=O) groups is 1. The van der Waals surface area contributed by atoms with E-state index < -0.39 is 0 Å². The number of nitrogens with zero attached hydrogens (tertiary/aromatic N) is 1. The van der Waals surface area contributed by atoms with Crippen molar-refractivity contribution in [3.05, 3.63) is 47.0 Å². The van der Waals surface area contributed by atoms with Crippen LogP contribution in [-0.2, 0) is 6.54 Å². The van der Waals surface area contributed by atoms with Crippen LogP contribution < -0.4 is 0 Å². The fraction of sp³-hybridized carbons (Fsp3) is 0.214. The summed E-state index contributed by atoms with van der Waals surface area (Å²) in [5.41, 5.74) is 2.19. The summed E-state index contributed by atoms with van der Waals surface area (Å²) in [6.45, 7) is 3.61. The summed E-state index contributed by atoms with van der Waals surface area (Å²) in [7, 11) is 0. The van der Waals surface area contributed by atoms with Gasteiger partial charge in [-0.2, -0.15) is 0 Å². The van der Waals surface area contributed by atoms with Gasteiger partial charge in [0, 0.05) is 17.2 Å². The predicted octanol–water partition coefficient (Wildman–Crippen LogP) is 2.46. The summed E-state index contributed by atoms with van der Waals surface area (Å²) < 4.78 is 1.41. The molecule has 18 heavy (non-hydrogen) atoms. The van der Waals surface area contributed by atoms with Crippen LogP contribution in [0, 0.1) is 6.92 Å². The molecule has 0 amide bonds. The van der Waals surface area contributed by atoms with E-state index in [4.69, 9.17) is 0 Å². The minimum Gasteiger partial charge on any atom is -0.494 e. The minimum atomic E-state index is 0.0176. The molecule has 0 bridgehead atoms. The van der Waals surface area contributed by atoms with Crippen LogP contribution in [0.2, 0.25) is 0 Å². The number of Topliss-reactive ketones (excluding diaryl/α,β-unsaturated/α-hetero) is 1. The van der Waals surface area contributed by atoms with E-state index in [9.17, 15) is 15.0 Å². The first-order valence-electron chi connectivity index (χ1n) is 5.67. The van der Waals surface area contributed by atoms with Crippen LogP contribution in [0.25, 0.3) is 0 Å². The first kappa shape index (κ1) is 12.2. The summed E-state index contributed by atoms with van der Waals surface area (Å²) in [5.74, 6) is 0.104. The monoisotopic (exact) mass is 245 g/mol. The van der Waals surface area contributed by atoms with E-state index in [-0.39, 0.29) is 17.5 Å². The second-order valence-electron chi connectivity index (χ2n) is 4.35. The summed E-state index contributed by atoms with van der Waals surface area (Å²) in [5, 5.41) is 19.4. The van der Waals surface area contributed by atoms with Crippen molar-refractivity contribution >= 4 is 5.78 Å². The highest BCUT2D eigenvalue weighted by atomic mass is 16.3. The third-order valence-corrected chi connectivity index (χ3v) is 2.93. The molecule has 1 aromatic heterocycles. The zero-order valence-corrected chi connectivity index (χ0v) is 10.3. The highest BCUT2D eigenvalue weighted by Gasteiger charge is 2.10. The maximum Gasteiger partial charge on any atom is 0.197 e. The molecule has 0 spiro atoms. The van der Waals surface area contributed by atoms with Gasteiger partial charge in [0.25, 0.3) is 0 Å². The Balaban J connectivity index is 2.26. The molecule has 4 heteroatoms. The average Bonchev–Trinajstić information content (AvgIpc) is 2.57. The Morgan fingerprint density at radius 3 is 2.28 bits per heavy atom. The third-order valence-electron chi connectivity index (χ3n) is 2.93. The molecule has 0 aliphatic carbocycles. The number of ketones is 1. The fourth-order valence-corrected chi connectivity index (χ4v) is 1.84. The van der Waals surface area contributed by atoms with Gasteiger partial charge in [0.2, 0.25) is 0 Å². The first-order valence-corrected chi connectivity index (χ1v) is 5.67. The van der Waals surface area contributed by atoms with Crippen LogP contribution in [0.5, 0.6) is 11.8 Å². The second-order valence-corrected chi connectivity index (χ2v) is 4.35. The number of carbonyl (C=O) groups excluding carboxylic acids is 1. The molecule has 1 aromatic carbocycles. The van der Waals surface area contributed by atoms with Crippen LogP contribution in [0.1, 0.15) is 28.4 Å². The quantitative estimate of drug-likeness (QED) is 0.816. The third kappa shape index (κ3) is 2.22. The Hall–Kier alpha value is -2.23. The largest absolute Gasteiger partial charge is 0.494 e. The molecule has 0 fully saturated rings. The molecule has 2 N–H and O–H groups in total. The molecular weight excluding hydrogens is 230 g/mol. The Labute approximate surface area is 105 Å². The Kier molecular flexibility index (Phi) is 3.10. The minimum absolute atomic E-state index is 0.0176. The normalized spacial score (nSPS) is 10.6. The summed E-state index contributed by atoms with van der Waals surface area (Å²) in [6, 6.07) is 8.61. The number of aromatic hydroxyl groups is 2. The Morgan fingerprint density at radius 1 is 1.22 bits per heavy atom. The van der Waals surface area contributed by atoms with Crippen molar-refractivity contribution in [2.75, 3.05) is 0 Å². The number of hydrogen-bond acceptors (Lipinski definition) is 3. The van der Waals surface area contributed by atoms with Crippen LogP contribution >= 0.6 is 0 Å². The second kappa shape index (κ2) is 4.56. The standard InChI is InChI=1S/C14H15NO3/c1-9-7-13(17)15(14(9)18)8-11-3-5-12(6-4-11)10(2)16/h3-7,17-18H,8H2,1-2H3. The maximum atomic E-state index is 11.1. The Bertz CT molecular complexity index is 582. The zero-order chi connectivity index (χ0) is 13.3. The molecule has 1 heterocycles. The first-order chi connectivity index (χ1) is 8.49. The Morgan fingerprint density at radius 2 is 1.83 bits per heavy atom. The van der Waals surface area contributed by atoms with Gasteiger partial charge in [0.1, 0.15) is 0 Å². The van der Waals surface area contributed by atoms with E-state index in [1.54, 1.807) is 19.1 Å². The summed E-state index contributed by atoms with van der Waals surface area (Å²) in [4.78, 5) is 11.1. The number of aromatic nitrogens is 1. The van der Waals surface area contributed by atoms with Crippen molar-refractivity contribution in [1.82, 2.24) is 4.57 Å². The summed E-state index contributed by atoms with van der Waals surface area (Å²) >= 11 is 0. The number of benzene rings is 1. The average molecular weight is 245 g/mol. The smallest absolute Gasteiger partial charge is 0.197 e. The highest BCUT2D eigenvalue weighted by Crippen LogP contribution is 2.27. The molecular formula is C14H15NO3. The van der Waals surface area contributed by atoms with Crippen molar-refractivity contribution in [2.24, 2.45) is 0 Å². The van der Waals surface area contributed by atoms with Gasteiger partial charge in [-0.15, -0.1) is 0 Å². The fourth-order valence-electron chi connectivity index (χ4n) is 1.84. The molecule has 0 radical (unpaired) electrons. The van der Waals surface area contributed by atoms with Gasteiger partial charge in [-0.25, -0.2) is 0 Å². The number of hydrogen-bond donors (Lipinski definition) is 2. The molecule has 0 aliphatic rings. The number of aryl methyl sites for hydroxylation is 1. The molecule has 2 aromatic rings. The van der Waals surface area contributed by atoms with E-state index in [1.165, 1.54) is 17.6 Å². The lowest BCUT2D eigenvalue weighted by Crippen LogP contribution is -1.99. The summed E-state index contributed by atoms with van der Waals surface area (Å²) in [6.07, 6.45) is 0. The van der Waals surface area contributed by atoms with Gasteiger partial charge in [-0.3, -0.25) is 9.36 Å². The van der Waals surface area contributed by atoms with Crippen LogP contribution in [0.3, 0.4) is 0 Å². The van der Waals surface area contributed by atoms with E-state index in [0.29, 0.717) is 17.7 Å². The molecule has 0 saturated heterocycles. The van der Waals surface area contributed by atoms with Crippen molar-refractivity contribution in [3.63, 3.8) is 0 Å². The van der Waals surface area contributed by atoms with Crippen molar-refractivity contribution in [1.29, 1.82) is 0 Å². The van der Waals surface area contributed by atoms with Gasteiger partial charge in [0.15, 0.2) is 17.5 Å². The van der Waals surface area contributed by atoms with Crippen molar-refractivity contribution in [3.8, 4) is 11.8 Å². The molecule has 0 saturated carbocycles. The van der Waals surface area contributed by atoms with Crippen LogP contribution in [0.15, 0.2) is 30.3 Å². The molecule has 0 aliphatic heterocycles. The number of rotatable bonds is 3. The molecule has 0 atom stereocenters. The maximum absolute atomic E-state index is 11.1. The molecule has 94 valence electrons. The lowest BCUT2D eigenvalue weighted by atomic mass is 10.1. The van der Waals surface area contributed by atoms with Gasteiger partial charge >= 0.3 is 0 Å².